The van der Waals surface area contributed by atoms with Gasteiger partial charge in [0.1, 0.15) is 11.5 Å². The van der Waals surface area contributed by atoms with E-state index in [0.29, 0.717) is 37.7 Å². The van der Waals surface area contributed by atoms with Crippen LogP contribution in [-0.2, 0) is 9.59 Å². The molecule has 0 spiro atoms. The molecule has 0 aromatic heterocycles. The van der Waals surface area contributed by atoms with E-state index >= 15 is 0 Å². The van der Waals surface area contributed by atoms with E-state index in [-0.39, 0.29) is 29.2 Å². The average molecular weight is 448 g/mol. The Bertz CT molecular complexity index is 1060. The number of nitrogens with zero attached hydrogens (tertiary/aromatic N) is 3. The van der Waals surface area contributed by atoms with Crippen LogP contribution in [0.3, 0.4) is 0 Å². The van der Waals surface area contributed by atoms with Gasteiger partial charge in [0.15, 0.2) is 0 Å². The van der Waals surface area contributed by atoms with Crippen LogP contribution < -0.4 is 4.90 Å². The highest BCUT2D eigenvalue weighted by Gasteiger charge is 2.38. The van der Waals surface area contributed by atoms with Crippen LogP contribution in [0.15, 0.2) is 65.8 Å². The summed E-state index contributed by atoms with van der Waals surface area (Å²) in [5.41, 5.74) is 2.50. The zero-order valence-corrected chi connectivity index (χ0v) is 19.0. The van der Waals surface area contributed by atoms with E-state index in [1.807, 2.05) is 37.3 Å². The summed E-state index contributed by atoms with van der Waals surface area (Å²) in [4.78, 5) is 32.9. The van der Waals surface area contributed by atoms with Gasteiger partial charge in [-0.05, 0) is 54.4 Å². The Balaban J connectivity index is 1.41. The van der Waals surface area contributed by atoms with Gasteiger partial charge in [-0.1, -0.05) is 49.9 Å². The van der Waals surface area contributed by atoms with Crippen molar-refractivity contribution in [1.29, 1.82) is 0 Å². The maximum absolute atomic E-state index is 14.7. The van der Waals surface area contributed by atoms with Crippen molar-refractivity contribution in [2.45, 2.75) is 32.6 Å². The van der Waals surface area contributed by atoms with E-state index in [0.717, 1.165) is 30.4 Å². The second-order valence-corrected chi connectivity index (χ2v) is 8.80. The van der Waals surface area contributed by atoms with Crippen molar-refractivity contribution in [2.75, 3.05) is 24.5 Å². The van der Waals surface area contributed by atoms with Gasteiger partial charge >= 0.3 is 0 Å². The molecule has 0 bridgehead atoms. The van der Waals surface area contributed by atoms with Gasteiger partial charge in [-0.2, -0.15) is 0 Å². The van der Waals surface area contributed by atoms with Crippen LogP contribution in [-0.4, -0.2) is 42.6 Å². The summed E-state index contributed by atoms with van der Waals surface area (Å²) in [6.07, 6.45) is 4.53. The van der Waals surface area contributed by atoms with Gasteiger partial charge in [0, 0.05) is 32.3 Å². The number of likely N-dealkylation sites (tertiary alicyclic amines) is 1. The molecule has 1 atom stereocenters. The van der Waals surface area contributed by atoms with Crippen molar-refractivity contribution in [3.63, 3.8) is 0 Å². The van der Waals surface area contributed by atoms with Crippen LogP contribution in [0.25, 0.3) is 11.1 Å². The lowest BCUT2D eigenvalue weighted by Crippen LogP contribution is -2.40. The van der Waals surface area contributed by atoms with E-state index in [4.69, 9.17) is 0 Å². The standard InChI is InChI=1S/C27H30FN3O2/c1-3-13-29-19(2)27(33)30-14-11-21(12-15-30)23-17-26(32)31(18-23)25-16-22(9-10-24(25)28)20-7-5-4-6-8-20/h4-10,13,16,21,23H,2-3,11-12,14-15,17-18H2,1H3. The molecule has 33 heavy (non-hydrogen) atoms. The molecule has 0 N–H and O–H groups in total. The molecular weight excluding hydrogens is 417 g/mol. The number of benzene rings is 2. The predicted octanol–water partition coefficient (Wildman–Crippen LogP) is 5.08. The molecule has 2 fully saturated rings. The SMILES string of the molecule is C=C(N=CCC)C(=O)N1CCC(C2CC(=O)N(c3cc(-c4ccccc4)ccc3F)C2)CC1. The maximum atomic E-state index is 14.7. The molecule has 2 aliphatic heterocycles. The summed E-state index contributed by atoms with van der Waals surface area (Å²) in [5, 5.41) is 0. The van der Waals surface area contributed by atoms with Gasteiger partial charge in [-0.3, -0.25) is 14.6 Å². The Labute approximate surface area is 194 Å². The van der Waals surface area contributed by atoms with Crippen LogP contribution in [0.4, 0.5) is 10.1 Å². The van der Waals surface area contributed by atoms with Crippen molar-refractivity contribution in [3.8, 4) is 11.1 Å². The van der Waals surface area contributed by atoms with Crippen LogP contribution in [0.2, 0.25) is 0 Å². The topological polar surface area (TPSA) is 53.0 Å². The zero-order chi connectivity index (χ0) is 23.4. The summed E-state index contributed by atoms with van der Waals surface area (Å²) in [6.45, 7) is 7.52. The molecule has 2 saturated heterocycles. The number of carbonyl (C=O) groups is 2. The predicted molar refractivity (Wildman–Crippen MR) is 130 cm³/mol. The highest BCUT2D eigenvalue weighted by molar-refractivity contribution is 5.96. The zero-order valence-electron chi connectivity index (χ0n) is 19.0. The lowest BCUT2D eigenvalue weighted by Gasteiger charge is -2.34. The van der Waals surface area contributed by atoms with Gasteiger partial charge in [-0.25, -0.2) is 4.39 Å². The third-order valence-electron chi connectivity index (χ3n) is 6.67. The minimum atomic E-state index is -0.379. The molecule has 172 valence electrons. The van der Waals surface area contributed by atoms with Crippen molar-refractivity contribution < 1.29 is 14.0 Å². The van der Waals surface area contributed by atoms with E-state index in [2.05, 4.69) is 11.6 Å². The fraction of sp³-hybridized carbons (Fsp3) is 0.370. The molecule has 2 aliphatic rings. The third kappa shape index (κ3) is 5.05. The molecule has 4 rings (SSSR count). The first-order valence-corrected chi connectivity index (χ1v) is 11.6. The summed E-state index contributed by atoms with van der Waals surface area (Å²) in [5.74, 6) is -0.0474. The van der Waals surface area contributed by atoms with Crippen LogP contribution in [0.5, 0.6) is 0 Å². The van der Waals surface area contributed by atoms with Crippen LogP contribution >= 0.6 is 0 Å². The van der Waals surface area contributed by atoms with Gasteiger partial charge in [0.2, 0.25) is 5.91 Å². The molecule has 6 heteroatoms. The maximum Gasteiger partial charge on any atom is 0.271 e. The number of amides is 2. The van der Waals surface area contributed by atoms with E-state index in [1.165, 1.54) is 6.07 Å². The van der Waals surface area contributed by atoms with Crippen molar-refractivity contribution in [3.05, 3.63) is 66.6 Å². The number of anilines is 1. The molecule has 2 amide bonds. The second-order valence-electron chi connectivity index (χ2n) is 8.80. The Morgan fingerprint density at radius 3 is 2.55 bits per heavy atom. The number of hydrogen-bond acceptors (Lipinski definition) is 3. The van der Waals surface area contributed by atoms with Gasteiger partial charge in [-0.15, -0.1) is 0 Å². The lowest BCUT2D eigenvalue weighted by atomic mass is 9.83. The number of halogens is 1. The Morgan fingerprint density at radius 1 is 1.12 bits per heavy atom. The van der Waals surface area contributed by atoms with Gasteiger partial charge in [0.25, 0.3) is 5.91 Å². The lowest BCUT2D eigenvalue weighted by molar-refractivity contribution is -0.128. The number of carbonyl (C=O) groups excluding carboxylic acids is 2. The van der Waals surface area contributed by atoms with E-state index < -0.39 is 0 Å². The molecule has 0 radical (unpaired) electrons. The smallest absolute Gasteiger partial charge is 0.271 e. The normalized spacial score (nSPS) is 19.5. The summed E-state index contributed by atoms with van der Waals surface area (Å²) < 4.78 is 14.7. The fourth-order valence-electron chi connectivity index (χ4n) is 4.83. The Hall–Kier alpha value is -3.28. The summed E-state index contributed by atoms with van der Waals surface area (Å²) in [7, 11) is 0. The first kappa shape index (κ1) is 22.9. The fourth-order valence-corrected chi connectivity index (χ4v) is 4.83. The van der Waals surface area contributed by atoms with Crippen molar-refractivity contribution >= 4 is 23.7 Å². The first-order valence-electron chi connectivity index (χ1n) is 11.6. The highest BCUT2D eigenvalue weighted by atomic mass is 19.1. The largest absolute Gasteiger partial charge is 0.337 e. The third-order valence-corrected chi connectivity index (χ3v) is 6.67. The minimum Gasteiger partial charge on any atom is -0.337 e. The van der Waals surface area contributed by atoms with Crippen LogP contribution in [0, 0.1) is 17.7 Å². The number of hydrogen-bond donors (Lipinski definition) is 0. The van der Waals surface area contributed by atoms with Crippen molar-refractivity contribution in [2.24, 2.45) is 16.8 Å². The first-order chi connectivity index (χ1) is 16.0. The van der Waals surface area contributed by atoms with Crippen molar-refractivity contribution in [1.82, 2.24) is 4.90 Å². The number of aliphatic imine (C=N–C) groups is 1. The van der Waals surface area contributed by atoms with E-state index in [1.54, 1.807) is 28.1 Å². The molecule has 0 saturated carbocycles. The quantitative estimate of drug-likeness (QED) is 0.458. The minimum absolute atomic E-state index is 0.0371. The summed E-state index contributed by atoms with van der Waals surface area (Å²) >= 11 is 0. The average Bonchev–Trinajstić information content (AvgIpc) is 3.24. The van der Waals surface area contributed by atoms with Gasteiger partial charge in [0.05, 0.1) is 5.69 Å². The number of rotatable bonds is 6. The van der Waals surface area contributed by atoms with Gasteiger partial charge < -0.3 is 9.80 Å². The highest BCUT2D eigenvalue weighted by Crippen LogP contribution is 2.37. The summed E-state index contributed by atoms with van der Waals surface area (Å²) in [6, 6.07) is 14.7. The molecule has 1 unspecified atom stereocenters. The van der Waals surface area contributed by atoms with E-state index in [9.17, 15) is 14.0 Å². The molecule has 2 heterocycles. The van der Waals surface area contributed by atoms with Crippen LogP contribution in [0.1, 0.15) is 32.6 Å². The second kappa shape index (κ2) is 10.1. The molecule has 2 aromatic rings. The molecule has 0 aliphatic carbocycles. The monoisotopic (exact) mass is 447 g/mol. The molecule has 5 nitrogen and oxygen atoms in total. The Morgan fingerprint density at radius 2 is 1.85 bits per heavy atom. The molecule has 2 aromatic carbocycles. The number of piperidine rings is 1. The molecular formula is C27H30FN3O2. The Kier molecular flexibility index (Phi) is 7.02.